The molecule has 1 heterocycles. The molecule has 0 aliphatic carbocycles. The Morgan fingerprint density at radius 3 is 2.60 bits per heavy atom. The molecule has 5 nitrogen and oxygen atoms in total. The quantitative estimate of drug-likeness (QED) is 0.411. The summed E-state index contributed by atoms with van der Waals surface area (Å²) in [5, 5.41) is 0.795. The molecule has 0 saturated carbocycles. The average molecular weight is 338 g/mol. The van der Waals surface area contributed by atoms with Crippen molar-refractivity contribution in [3.05, 3.63) is 70.1 Å². The molecule has 0 N–H and O–H groups in total. The summed E-state index contributed by atoms with van der Waals surface area (Å²) >= 11 is 0. The molecule has 0 radical (unpaired) electrons. The highest BCUT2D eigenvalue weighted by atomic mass is 16.6. The molecular formula is C20H18O5. The fourth-order valence-electron chi connectivity index (χ4n) is 2.51. The van der Waals surface area contributed by atoms with Gasteiger partial charge in [0.15, 0.2) is 6.10 Å². The summed E-state index contributed by atoms with van der Waals surface area (Å²) in [4.78, 5) is 23.7. The average Bonchev–Trinajstić information content (AvgIpc) is 2.54. The van der Waals surface area contributed by atoms with Crippen molar-refractivity contribution in [3.8, 4) is 11.5 Å². The van der Waals surface area contributed by atoms with E-state index in [1.165, 1.54) is 12.1 Å². The molecule has 25 heavy (non-hydrogen) atoms. The molecule has 5 heteroatoms. The summed E-state index contributed by atoms with van der Waals surface area (Å²) in [6.45, 7) is 5.39. The predicted octanol–water partition coefficient (Wildman–Crippen LogP) is 3.78. The molecule has 3 aromatic rings. The Balaban J connectivity index is 1.76. The molecule has 1 atom stereocenters. The van der Waals surface area contributed by atoms with Crippen LogP contribution in [0.2, 0.25) is 0 Å². The van der Waals surface area contributed by atoms with E-state index in [9.17, 15) is 9.59 Å². The van der Waals surface area contributed by atoms with Crippen LogP contribution in [0.5, 0.6) is 11.5 Å². The van der Waals surface area contributed by atoms with Gasteiger partial charge < -0.3 is 13.9 Å². The Morgan fingerprint density at radius 1 is 1.04 bits per heavy atom. The molecule has 0 bridgehead atoms. The molecule has 2 aromatic carbocycles. The number of aryl methyl sites for hydroxylation is 2. The van der Waals surface area contributed by atoms with E-state index >= 15 is 0 Å². The topological polar surface area (TPSA) is 65.7 Å². The van der Waals surface area contributed by atoms with Crippen molar-refractivity contribution >= 4 is 16.9 Å². The maximum absolute atomic E-state index is 12.2. The SMILES string of the molecule is Cc1cccc(O[C@@H](C)C(=O)Oc2ccc3c(C)cc(=O)oc3c2)c1. The zero-order chi connectivity index (χ0) is 18.0. The zero-order valence-corrected chi connectivity index (χ0v) is 14.2. The Hall–Kier alpha value is -3.08. The number of esters is 1. The van der Waals surface area contributed by atoms with Crippen LogP contribution in [0.25, 0.3) is 11.0 Å². The van der Waals surface area contributed by atoms with Crippen LogP contribution in [0, 0.1) is 13.8 Å². The van der Waals surface area contributed by atoms with Gasteiger partial charge >= 0.3 is 11.6 Å². The maximum atomic E-state index is 12.2. The number of rotatable bonds is 4. The fraction of sp³-hybridized carbons (Fsp3) is 0.200. The minimum atomic E-state index is -0.776. The standard InChI is InChI=1S/C20H18O5/c1-12-5-4-6-15(9-12)23-14(3)20(22)24-16-7-8-17-13(2)10-19(21)25-18(17)11-16/h4-11,14H,1-3H3/t14-/m0/s1. The van der Waals surface area contributed by atoms with Gasteiger partial charge in [-0.2, -0.15) is 0 Å². The van der Waals surface area contributed by atoms with Crippen molar-refractivity contribution in [2.45, 2.75) is 26.9 Å². The molecule has 0 spiro atoms. The molecular weight excluding hydrogens is 320 g/mol. The molecule has 0 saturated heterocycles. The van der Waals surface area contributed by atoms with Crippen molar-refractivity contribution in [2.24, 2.45) is 0 Å². The van der Waals surface area contributed by atoms with E-state index in [0.29, 0.717) is 17.1 Å². The van der Waals surface area contributed by atoms with Crippen LogP contribution < -0.4 is 15.1 Å². The highest BCUT2D eigenvalue weighted by Crippen LogP contribution is 2.23. The van der Waals surface area contributed by atoms with Crippen molar-refractivity contribution in [3.63, 3.8) is 0 Å². The lowest BCUT2D eigenvalue weighted by Gasteiger charge is -2.14. The van der Waals surface area contributed by atoms with Gasteiger partial charge in [0.25, 0.3) is 0 Å². The van der Waals surface area contributed by atoms with Crippen LogP contribution in [0.4, 0.5) is 0 Å². The van der Waals surface area contributed by atoms with Gasteiger partial charge in [0.2, 0.25) is 0 Å². The highest BCUT2D eigenvalue weighted by Gasteiger charge is 2.18. The van der Waals surface area contributed by atoms with Gasteiger partial charge in [0.05, 0.1) is 0 Å². The van der Waals surface area contributed by atoms with Gasteiger partial charge in [-0.3, -0.25) is 0 Å². The van der Waals surface area contributed by atoms with Gasteiger partial charge in [-0.15, -0.1) is 0 Å². The number of carbonyl (C=O) groups excluding carboxylic acids is 1. The van der Waals surface area contributed by atoms with Gasteiger partial charge in [-0.25, -0.2) is 9.59 Å². The van der Waals surface area contributed by atoms with Crippen LogP contribution in [0.1, 0.15) is 18.1 Å². The van der Waals surface area contributed by atoms with E-state index < -0.39 is 17.7 Å². The lowest BCUT2D eigenvalue weighted by atomic mass is 10.1. The number of benzene rings is 2. The van der Waals surface area contributed by atoms with E-state index in [1.54, 1.807) is 25.1 Å². The number of ether oxygens (including phenoxy) is 2. The first-order valence-corrected chi connectivity index (χ1v) is 7.92. The zero-order valence-electron chi connectivity index (χ0n) is 14.2. The third kappa shape index (κ3) is 3.88. The van der Waals surface area contributed by atoms with Gasteiger partial charge in [-0.1, -0.05) is 12.1 Å². The lowest BCUT2D eigenvalue weighted by molar-refractivity contribution is -0.141. The van der Waals surface area contributed by atoms with Crippen molar-refractivity contribution < 1.29 is 18.7 Å². The summed E-state index contributed by atoms with van der Waals surface area (Å²) in [5.41, 5.74) is 1.78. The largest absolute Gasteiger partial charge is 0.479 e. The number of fused-ring (bicyclic) bond motifs is 1. The first kappa shape index (κ1) is 16.8. The normalized spacial score (nSPS) is 12.0. The lowest BCUT2D eigenvalue weighted by Crippen LogP contribution is -2.28. The summed E-state index contributed by atoms with van der Waals surface area (Å²) in [5.74, 6) is 0.367. The second-order valence-electron chi connectivity index (χ2n) is 5.90. The molecule has 0 aliphatic heterocycles. The summed E-state index contributed by atoms with van der Waals surface area (Å²) in [6.07, 6.45) is -0.776. The number of hydrogen-bond donors (Lipinski definition) is 0. The molecule has 3 rings (SSSR count). The highest BCUT2D eigenvalue weighted by molar-refractivity contribution is 5.83. The second kappa shape index (κ2) is 6.81. The van der Waals surface area contributed by atoms with E-state index in [1.807, 2.05) is 32.0 Å². The minimum Gasteiger partial charge on any atom is -0.479 e. The van der Waals surface area contributed by atoms with Crippen LogP contribution in [0.3, 0.4) is 0 Å². The molecule has 1 aromatic heterocycles. The molecule has 0 amide bonds. The number of hydrogen-bond acceptors (Lipinski definition) is 5. The summed E-state index contributed by atoms with van der Waals surface area (Å²) in [6, 6.07) is 13.8. The molecule has 128 valence electrons. The second-order valence-corrected chi connectivity index (χ2v) is 5.90. The summed E-state index contributed by atoms with van der Waals surface area (Å²) in [7, 11) is 0. The van der Waals surface area contributed by atoms with E-state index in [2.05, 4.69) is 0 Å². The van der Waals surface area contributed by atoms with Gasteiger partial charge in [-0.05, 0) is 56.2 Å². The minimum absolute atomic E-state index is 0.297. The fourth-order valence-corrected chi connectivity index (χ4v) is 2.51. The van der Waals surface area contributed by atoms with Crippen LogP contribution >= 0.6 is 0 Å². The van der Waals surface area contributed by atoms with Gasteiger partial charge in [0.1, 0.15) is 17.1 Å². The first-order valence-electron chi connectivity index (χ1n) is 7.92. The monoisotopic (exact) mass is 338 g/mol. The Morgan fingerprint density at radius 2 is 1.84 bits per heavy atom. The van der Waals surface area contributed by atoms with E-state index in [4.69, 9.17) is 13.9 Å². The van der Waals surface area contributed by atoms with Crippen LogP contribution in [-0.2, 0) is 4.79 Å². The third-order valence-corrected chi connectivity index (χ3v) is 3.78. The third-order valence-electron chi connectivity index (χ3n) is 3.78. The van der Waals surface area contributed by atoms with Gasteiger partial charge in [0, 0.05) is 17.5 Å². The molecule has 0 unspecified atom stereocenters. The smallest absolute Gasteiger partial charge is 0.352 e. The Labute approximate surface area is 144 Å². The van der Waals surface area contributed by atoms with Crippen molar-refractivity contribution in [2.75, 3.05) is 0 Å². The van der Waals surface area contributed by atoms with Crippen LogP contribution in [0.15, 0.2) is 57.7 Å². The molecule has 0 fully saturated rings. The van der Waals surface area contributed by atoms with Crippen LogP contribution in [-0.4, -0.2) is 12.1 Å². The molecule has 0 aliphatic rings. The maximum Gasteiger partial charge on any atom is 0.352 e. The van der Waals surface area contributed by atoms with E-state index in [0.717, 1.165) is 16.5 Å². The van der Waals surface area contributed by atoms with Crippen molar-refractivity contribution in [1.82, 2.24) is 0 Å². The first-order chi connectivity index (χ1) is 11.9. The Bertz CT molecular complexity index is 987. The Kier molecular flexibility index (Phi) is 4.57. The number of carbonyl (C=O) groups is 1. The van der Waals surface area contributed by atoms with Crippen molar-refractivity contribution in [1.29, 1.82) is 0 Å². The van der Waals surface area contributed by atoms with E-state index in [-0.39, 0.29) is 0 Å². The predicted molar refractivity (Wildman–Crippen MR) is 94.1 cm³/mol. The summed E-state index contributed by atoms with van der Waals surface area (Å²) < 4.78 is 16.1.